The van der Waals surface area contributed by atoms with Crippen LogP contribution in [0.1, 0.15) is 37.8 Å². The SMILES string of the molecule is CCCCSC(C)C(=O)NCc1ccc(C)cc1. The van der Waals surface area contributed by atoms with Crippen molar-refractivity contribution < 1.29 is 4.79 Å². The standard InChI is InChI=1S/C15H23NOS/c1-4-5-10-18-13(3)15(17)16-11-14-8-6-12(2)7-9-14/h6-9,13H,4-5,10-11H2,1-3H3,(H,16,17). The maximum Gasteiger partial charge on any atom is 0.233 e. The van der Waals surface area contributed by atoms with Crippen molar-refractivity contribution in [3.8, 4) is 0 Å². The molecule has 1 unspecified atom stereocenters. The Balaban J connectivity index is 2.29. The highest BCUT2D eigenvalue weighted by atomic mass is 32.2. The summed E-state index contributed by atoms with van der Waals surface area (Å²) in [6.45, 7) is 6.83. The molecule has 100 valence electrons. The van der Waals surface area contributed by atoms with Crippen molar-refractivity contribution in [3.05, 3.63) is 35.4 Å². The molecule has 1 aromatic rings. The van der Waals surface area contributed by atoms with Crippen LogP contribution in [0.25, 0.3) is 0 Å². The van der Waals surface area contributed by atoms with Gasteiger partial charge in [-0.1, -0.05) is 43.2 Å². The first-order chi connectivity index (χ1) is 8.63. The van der Waals surface area contributed by atoms with Crippen molar-refractivity contribution in [2.75, 3.05) is 5.75 Å². The van der Waals surface area contributed by atoms with Gasteiger partial charge in [-0.15, -0.1) is 11.8 Å². The van der Waals surface area contributed by atoms with Crippen molar-refractivity contribution in [3.63, 3.8) is 0 Å². The minimum Gasteiger partial charge on any atom is -0.351 e. The van der Waals surface area contributed by atoms with Crippen molar-refractivity contribution in [1.82, 2.24) is 5.32 Å². The Hall–Kier alpha value is -0.960. The zero-order valence-electron chi connectivity index (χ0n) is 11.5. The first-order valence-electron chi connectivity index (χ1n) is 6.58. The quantitative estimate of drug-likeness (QED) is 0.764. The lowest BCUT2D eigenvalue weighted by atomic mass is 10.1. The second-order valence-corrected chi connectivity index (χ2v) is 6.02. The van der Waals surface area contributed by atoms with E-state index in [-0.39, 0.29) is 11.2 Å². The maximum atomic E-state index is 11.8. The van der Waals surface area contributed by atoms with Gasteiger partial charge >= 0.3 is 0 Å². The maximum absolute atomic E-state index is 11.8. The molecule has 0 aliphatic heterocycles. The molecular weight excluding hydrogens is 242 g/mol. The number of hydrogen-bond donors (Lipinski definition) is 1. The fourth-order valence-corrected chi connectivity index (χ4v) is 2.56. The molecule has 1 N–H and O–H groups in total. The number of nitrogens with one attached hydrogen (secondary N) is 1. The van der Waals surface area contributed by atoms with Crippen LogP contribution >= 0.6 is 11.8 Å². The van der Waals surface area contributed by atoms with Crippen molar-refractivity contribution >= 4 is 17.7 Å². The van der Waals surface area contributed by atoms with E-state index in [9.17, 15) is 4.79 Å². The molecule has 1 atom stereocenters. The average Bonchev–Trinajstić information content (AvgIpc) is 2.38. The van der Waals surface area contributed by atoms with Crippen LogP contribution in [-0.2, 0) is 11.3 Å². The Bertz CT molecular complexity index is 361. The summed E-state index contributed by atoms with van der Waals surface area (Å²) in [6, 6.07) is 8.26. The molecule has 0 spiro atoms. The minimum atomic E-state index is 0.0435. The van der Waals surface area contributed by atoms with Crippen molar-refractivity contribution in [2.45, 2.75) is 45.4 Å². The number of rotatable bonds is 7. The number of thioether (sulfide) groups is 1. The Morgan fingerprint density at radius 3 is 2.61 bits per heavy atom. The van der Waals surface area contributed by atoms with Gasteiger partial charge in [-0.25, -0.2) is 0 Å². The summed E-state index contributed by atoms with van der Waals surface area (Å²) >= 11 is 1.73. The van der Waals surface area contributed by atoms with E-state index in [2.05, 4.69) is 43.4 Å². The van der Waals surface area contributed by atoms with E-state index in [0.29, 0.717) is 6.54 Å². The van der Waals surface area contributed by atoms with Crippen LogP contribution in [0.5, 0.6) is 0 Å². The largest absolute Gasteiger partial charge is 0.351 e. The second kappa shape index (κ2) is 8.20. The van der Waals surface area contributed by atoms with Crippen LogP contribution in [0.2, 0.25) is 0 Å². The van der Waals surface area contributed by atoms with Crippen LogP contribution in [0, 0.1) is 6.92 Å². The molecular formula is C15H23NOS. The highest BCUT2D eigenvalue weighted by Gasteiger charge is 2.12. The van der Waals surface area contributed by atoms with Crippen LogP contribution in [0.3, 0.4) is 0 Å². The van der Waals surface area contributed by atoms with Crippen molar-refractivity contribution in [2.24, 2.45) is 0 Å². The number of amides is 1. The predicted molar refractivity (Wildman–Crippen MR) is 79.9 cm³/mol. The fourth-order valence-electron chi connectivity index (χ4n) is 1.52. The zero-order valence-corrected chi connectivity index (χ0v) is 12.3. The van der Waals surface area contributed by atoms with E-state index in [1.54, 1.807) is 11.8 Å². The first kappa shape index (κ1) is 15.1. The molecule has 0 saturated carbocycles. The van der Waals surface area contributed by atoms with Crippen LogP contribution in [0.15, 0.2) is 24.3 Å². The number of hydrogen-bond acceptors (Lipinski definition) is 2. The summed E-state index contributed by atoms with van der Waals surface area (Å²) in [5.41, 5.74) is 2.40. The first-order valence-corrected chi connectivity index (χ1v) is 7.63. The van der Waals surface area contributed by atoms with E-state index in [4.69, 9.17) is 0 Å². The molecule has 0 radical (unpaired) electrons. The molecule has 3 heteroatoms. The Morgan fingerprint density at radius 1 is 1.33 bits per heavy atom. The number of aryl methyl sites for hydroxylation is 1. The molecule has 2 nitrogen and oxygen atoms in total. The molecule has 1 rings (SSSR count). The molecule has 0 aromatic heterocycles. The van der Waals surface area contributed by atoms with Gasteiger partial charge in [0.15, 0.2) is 0 Å². The molecule has 0 fully saturated rings. The van der Waals surface area contributed by atoms with Gasteiger partial charge in [-0.3, -0.25) is 4.79 Å². The molecule has 1 amide bonds. The normalized spacial score (nSPS) is 12.2. The summed E-state index contributed by atoms with van der Waals surface area (Å²) in [7, 11) is 0. The Labute approximate surface area is 115 Å². The molecule has 0 aliphatic rings. The number of unbranched alkanes of at least 4 members (excludes halogenated alkanes) is 1. The number of carbonyl (C=O) groups is 1. The average molecular weight is 265 g/mol. The van der Waals surface area contributed by atoms with Crippen LogP contribution in [-0.4, -0.2) is 16.9 Å². The predicted octanol–water partition coefficient (Wildman–Crippen LogP) is 3.53. The number of benzene rings is 1. The van der Waals surface area contributed by atoms with Gasteiger partial charge < -0.3 is 5.32 Å². The molecule has 0 heterocycles. The van der Waals surface area contributed by atoms with Crippen molar-refractivity contribution in [1.29, 1.82) is 0 Å². The summed E-state index contributed by atoms with van der Waals surface area (Å²) in [5.74, 6) is 1.20. The van der Waals surface area contributed by atoms with Gasteiger partial charge in [0.25, 0.3) is 0 Å². The Morgan fingerprint density at radius 2 is 2.00 bits per heavy atom. The summed E-state index contributed by atoms with van der Waals surface area (Å²) in [5, 5.41) is 3.03. The molecule has 0 bridgehead atoms. The highest BCUT2D eigenvalue weighted by molar-refractivity contribution is 8.00. The van der Waals surface area contributed by atoms with E-state index < -0.39 is 0 Å². The smallest absolute Gasteiger partial charge is 0.233 e. The molecule has 0 saturated heterocycles. The van der Waals surface area contributed by atoms with Gasteiger partial charge in [0, 0.05) is 6.54 Å². The Kier molecular flexibility index (Phi) is 6.88. The molecule has 18 heavy (non-hydrogen) atoms. The lowest BCUT2D eigenvalue weighted by Gasteiger charge is -2.11. The molecule has 1 aromatic carbocycles. The monoisotopic (exact) mass is 265 g/mol. The second-order valence-electron chi connectivity index (χ2n) is 4.57. The summed E-state index contributed by atoms with van der Waals surface area (Å²) < 4.78 is 0. The third kappa shape index (κ3) is 5.58. The topological polar surface area (TPSA) is 29.1 Å². The highest BCUT2D eigenvalue weighted by Crippen LogP contribution is 2.13. The lowest BCUT2D eigenvalue weighted by molar-refractivity contribution is -0.120. The van der Waals surface area contributed by atoms with E-state index in [1.165, 1.54) is 18.4 Å². The fraction of sp³-hybridized carbons (Fsp3) is 0.533. The zero-order chi connectivity index (χ0) is 13.4. The van der Waals surface area contributed by atoms with Gasteiger partial charge in [0.05, 0.1) is 5.25 Å². The van der Waals surface area contributed by atoms with Gasteiger partial charge in [0.2, 0.25) is 5.91 Å². The third-order valence-corrected chi connectivity index (χ3v) is 4.06. The molecule has 0 aliphatic carbocycles. The van der Waals surface area contributed by atoms with Crippen LogP contribution < -0.4 is 5.32 Å². The van der Waals surface area contributed by atoms with Gasteiger partial charge in [-0.05, 0) is 31.6 Å². The lowest BCUT2D eigenvalue weighted by Crippen LogP contribution is -2.30. The summed E-state index contributed by atoms with van der Waals surface area (Å²) in [4.78, 5) is 11.8. The van der Waals surface area contributed by atoms with E-state index in [0.717, 1.165) is 11.3 Å². The third-order valence-electron chi connectivity index (χ3n) is 2.82. The van der Waals surface area contributed by atoms with E-state index >= 15 is 0 Å². The van der Waals surface area contributed by atoms with Crippen LogP contribution in [0.4, 0.5) is 0 Å². The van der Waals surface area contributed by atoms with Gasteiger partial charge in [0.1, 0.15) is 0 Å². The number of carbonyl (C=O) groups excluding carboxylic acids is 1. The van der Waals surface area contributed by atoms with Gasteiger partial charge in [-0.2, -0.15) is 0 Å². The van der Waals surface area contributed by atoms with E-state index in [1.807, 2.05) is 6.92 Å². The summed E-state index contributed by atoms with van der Waals surface area (Å²) in [6.07, 6.45) is 2.37. The minimum absolute atomic E-state index is 0.0435.